The van der Waals surface area contributed by atoms with Crippen molar-refractivity contribution >= 4 is 18.0 Å². The summed E-state index contributed by atoms with van der Waals surface area (Å²) in [6.45, 7) is 7.26. The summed E-state index contributed by atoms with van der Waals surface area (Å²) in [5, 5.41) is 1.40. The van der Waals surface area contributed by atoms with Gasteiger partial charge in [0.05, 0.1) is 12.6 Å². The number of fused-ring (bicyclic) bond motifs is 2. The average Bonchev–Trinajstić information content (AvgIpc) is 3.01. The van der Waals surface area contributed by atoms with E-state index in [0.717, 1.165) is 5.56 Å². The number of nitrogens with one attached hydrogen (secondary N) is 1. The van der Waals surface area contributed by atoms with Crippen molar-refractivity contribution in [1.29, 1.82) is 0 Å². The maximum Gasteiger partial charge on any atom is 0.414 e. The van der Waals surface area contributed by atoms with E-state index >= 15 is 0 Å². The minimum Gasteiger partial charge on any atom is -0.443 e. The maximum absolute atomic E-state index is 12.9. The number of nitrogens with zero attached hydrogens (tertiary/aromatic N) is 4. The van der Waals surface area contributed by atoms with Crippen molar-refractivity contribution in [3.63, 3.8) is 0 Å². The number of rotatable bonds is 8. The number of benzene rings is 1. The Hall–Kier alpha value is -3.57. The monoisotopic (exact) mass is 513 g/mol. The van der Waals surface area contributed by atoms with E-state index in [-0.39, 0.29) is 24.6 Å². The van der Waals surface area contributed by atoms with E-state index in [9.17, 15) is 14.4 Å². The van der Waals surface area contributed by atoms with Gasteiger partial charge in [0.15, 0.2) is 0 Å². The van der Waals surface area contributed by atoms with Gasteiger partial charge in [-0.2, -0.15) is 5.06 Å². The third-order valence-corrected chi connectivity index (χ3v) is 6.13. The van der Waals surface area contributed by atoms with Crippen molar-refractivity contribution in [2.75, 3.05) is 26.2 Å². The van der Waals surface area contributed by atoms with Gasteiger partial charge in [0, 0.05) is 38.2 Å². The van der Waals surface area contributed by atoms with Gasteiger partial charge >= 0.3 is 12.1 Å². The second kappa shape index (κ2) is 11.7. The zero-order valence-electron chi connectivity index (χ0n) is 21.5. The molecule has 2 atom stereocenters. The zero-order chi connectivity index (χ0) is 26.4. The van der Waals surface area contributed by atoms with Gasteiger partial charge < -0.3 is 14.5 Å². The van der Waals surface area contributed by atoms with Crippen LogP contribution in [0.3, 0.4) is 0 Å². The van der Waals surface area contributed by atoms with Crippen LogP contribution in [-0.4, -0.2) is 81.7 Å². The van der Waals surface area contributed by atoms with Crippen LogP contribution in [0, 0.1) is 0 Å². The summed E-state index contributed by atoms with van der Waals surface area (Å²) < 4.78 is 5.39. The van der Waals surface area contributed by atoms with Gasteiger partial charge in [0.2, 0.25) is 0 Å². The molecule has 0 saturated carbocycles. The van der Waals surface area contributed by atoms with Crippen LogP contribution in [0.1, 0.15) is 39.2 Å². The number of carbonyl (C=O) groups is 3. The topological polar surface area (TPSA) is 104 Å². The molecule has 2 bridgehead atoms. The number of urea groups is 1. The SMILES string of the molecule is CC(C)(C)OC(=O)N1C=CN(CCONC(=O)[C@@H]2CC[C@@H]3CN2C(=O)N3OCc2ccccc2)C=CC1. The normalized spacial score (nSPS) is 21.3. The Bertz CT molecular complexity index is 1020. The standard InChI is InChI=1S/C26H35N5O6/c1-26(2,3)37-25(34)29-13-7-12-28(14-15-29)16-17-35-27-23(32)22-11-10-21-18-30(22)24(33)31(21)36-19-20-8-5-4-6-9-20/h4-9,12,14-15,21-22H,10-11,13,16-19H2,1-3H3,(H,27,32)/t21-,22+/m1/s1. The average molecular weight is 514 g/mol. The van der Waals surface area contributed by atoms with Crippen LogP contribution in [0.25, 0.3) is 0 Å². The molecule has 0 spiro atoms. The van der Waals surface area contributed by atoms with Crippen molar-refractivity contribution in [2.24, 2.45) is 0 Å². The predicted molar refractivity (Wildman–Crippen MR) is 134 cm³/mol. The molecule has 37 heavy (non-hydrogen) atoms. The summed E-state index contributed by atoms with van der Waals surface area (Å²) in [4.78, 5) is 54.0. The van der Waals surface area contributed by atoms with Crippen LogP contribution < -0.4 is 5.48 Å². The molecule has 11 nitrogen and oxygen atoms in total. The van der Waals surface area contributed by atoms with Gasteiger partial charge in [-0.1, -0.05) is 30.3 Å². The van der Waals surface area contributed by atoms with E-state index in [0.29, 0.717) is 39.1 Å². The lowest BCUT2D eigenvalue weighted by Gasteiger charge is -2.29. The van der Waals surface area contributed by atoms with Crippen LogP contribution in [0.2, 0.25) is 0 Å². The zero-order valence-corrected chi connectivity index (χ0v) is 21.5. The number of carbonyl (C=O) groups excluding carboxylic acids is 3. The van der Waals surface area contributed by atoms with Crippen LogP contribution in [0.5, 0.6) is 0 Å². The van der Waals surface area contributed by atoms with E-state index in [1.807, 2.05) is 68.3 Å². The molecule has 1 aromatic carbocycles. The Morgan fingerprint density at radius 3 is 2.62 bits per heavy atom. The minimum absolute atomic E-state index is 0.0666. The highest BCUT2D eigenvalue weighted by atomic mass is 16.7. The highest BCUT2D eigenvalue weighted by Gasteiger charge is 2.48. The number of amides is 4. The van der Waals surface area contributed by atoms with Gasteiger partial charge in [0.1, 0.15) is 18.2 Å². The number of hydroxylamine groups is 3. The summed E-state index contributed by atoms with van der Waals surface area (Å²) >= 11 is 0. The first-order valence-electron chi connectivity index (χ1n) is 12.5. The van der Waals surface area contributed by atoms with Crippen molar-refractivity contribution in [2.45, 2.75) is 57.9 Å². The minimum atomic E-state index is -0.602. The fraction of sp³-hybridized carbons (Fsp3) is 0.500. The molecule has 0 radical (unpaired) electrons. The van der Waals surface area contributed by atoms with Crippen molar-refractivity contribution < 1.29 is 28.8 Å². The van der Waals surface area contributed by atoms with E-state index in [1.54, 1.807) is 17.3 Å². The lowest BCUT2D eigenvalue weighted by atomic mass is 10.0. The molecule has 0 aliphatic carbocycles. The summed E-state index contributed by atoms with van der Waals surface area (Å²) in [6, 6.07) is 8.68. The molecular weight excluding hydrogens is 478 g/mol. The first-order valence-corrected chi connectivity index (χ1v) is 12.5. The van der Waals surface area contributed by atoms with E-state index in [2.05, 4.69) is 5.48 Å². The first kappa shape index (κ1) is 26.5. The summed E-state index contributed by atoms with van der Waals surface area (Å²) in [6.07, 6.45) is 7.85. The van der Waals surface area contributed by atoms with Gasteiger partial charge in [-0.15, -0.1) is 0 Å². The number of ether oxygens (including phenoxy) is 1. The van der Waals surface area contributed by atoms with Gasteiger partial charge in [-0.05, 0) is 45.3 Å². The lowest BCUT2D eigenvalue weighted by molar-refractivity contribution is -0.141. The first-order chi connectivity index (χ1) is 17.7. The van der Waals surface area contributed by atoms with E-state index in [4.69, 9.17) is 14.4 Å². The van der Waals surface area contributed by atoms with Gasteiger partial charge in [-0.3, -0.25) is 19.4 Å². The van der Waals surface area contributed by atoms with Crippen LogP contribution in [0.15, 0.2) is 55.0 Å². The maximum atomic E-state index is 12.9. The number of hydrogen-bond donors (Lipinski definition) is 1. The van der Waals surface area contributed by atoms with Gasteiger partial charge in [0.25, 0.3) is 5.91 Å². The number of hydrogen-bond acceptors (Lipinski definition) is 7. The van der Waals surface area contributed by atoms with Crippen LogP contribution in [0.4, 0.5) is 9.59 Å². The number of piperidine rings is 1. The largest absolute Gasteiger partial charge is 0.443 e. The van der Waals surface area contributed by atoms with Crippen LogP contribution >= 0.6 is 0 Å². The fourth-order valence-corrected chi connectivity index (χ4v) is 4.31. The molecule has 1 N–H and O–H groups in total. The Balaban J connectivity index is 1.19. The highest BCUT2D eigenvalue weighted by molar-refractivity contribution is 5.88. The Morgan fingerprint density at radius 2 is 1.86 bits per heavy atom. The Kier molecular flexibility index (Phi) is 8.34. The van der Waals surface area contributed by atoms with Crippen molar-refractivity contribution in [3.8, 4) is 0 Å². The third kappa shape index (κ3) is 7.01. The second-order valence-corrected chi connectivity index (χ2v) is 10.1. The predicted octanol–water partition coefficient (Wildman–Crippen LogP) is 2.97. The second-order valence-electron chi connectivity index (χ2n) is 10.1. The molecule has 0 aromatic heterocycles. The molecule has 3 heterocycles. The van der Waals surface area contributed by atoms with E-state index in [1.165, 1.54) is 9.96 Å². The molecule has 4 rings (SSSR count). The Morgan fingerprint density at radius 1 is 1.08 bits per heavy atom. The molecule has 4 amide bonds. The molecule has 11 heteroatoms. The molecule has 3 aliphatic heterocycles. The molecule has 0 unspecified atom stereocenters. The molecule has 2 fully saturated rings. The molecule has 2 saturated heterocycles. The molecule has 3 aliphatic rings. The Labute approximate surface area is 217 Å². The highest BCUT2D eigenvalue weighted by Crippen LogP contribution is 2.30. The lowest BCUT2D eigenvalue weighted by Crippen LogP contribution is -2.50. The quantitative estimate of drug-likeness (QED) is 0.421. The summed E-state index contributed by atoms with van der Waals surface area (Å²) in [7, 11) is 0. The molecule has 1 aromatic rings. The molecular formula is C26H35N5O6. The van der Waals surface area contributed by atoms with Crippen LogP contribution in [-0.2, 0) is 25.8 Å². The fourth-order valence-electron chi connectivity index (χ4n) is 4.31. The summed E-state index contributed by atoms with van der Waals surface area (Å²) in [5.74, 6) is -0.352. The van der Waals surface area contributed by atoms with Gasteiger partial charge in [-0.25, -0.2) is 15.1 Å². The third-order valence-electron chi connectivity index (χ3n) is 6.13. The smallest absolute Gasteiger partial charge is 0.414 e. The van der Waals surface area contributed by atoms with Crippen molar-refractivity contribution in [3.05, 3.63) is 60.6 Å². The van der Waals surface area contributed by atoms with E-state index < -0.39 is 17.7 Å². The summed E-state index contributed by atoms with van der Waals surface area (Å²) in [5.41, 5.74) is 2.89. The molecule has 200 valence electrons. The van der Waals surface area contributed by atoms with Crippen molar-refractivity contribution in [1.82, 2.24) is 25.2 Å².